The minimum Gasteiger partial charge on any atom is -0.337 e. The molecule has 0 aliphatic rings. The molecule has 0 aliphatic carbocycles. The van der Waals surface area contributed by atoms with Crippen LogP contribution in [0, 0.1) is 0 Å². The highest BCUT2D eigenvalue weighted by molar-refractivity contribution is 6.03. The van der Waals surface area contributed by atoms with Crippen molar-refractivity contribution < 1.29 is 9.59 Å². The molecule has 2 rings (SSSR count). The molecule has 0 spiro atoms. The number of hydrogen-bond donors (Lipinski definition) is 1. The third-order valence-electron chi connectivity index (χ3n) is 8.05. The van der Waals surface area contributed by atoms with Crippen LogP contribution in [-0.4, -0.2) is 23.8 Å². The monoisotopic (exact) mass is 562 g/mol. The summed E-state index contributed by atoms with van der Waals surface area (Å²) in [5.74, 6) is -0.101. The zero-order valence-corrected chi connectivity index (χ0v) is 26.3. The van der Waals surface area contributed by atoms with E-state index in [-0.39, 0.29) is 11.8 Å². The number of carbonyl (C=O) groups excluding carboxylic acids is 2. The smallest absolute Gasteiger partial charge is 0.256 e. The Balaban J connectivity index is 1.46. The molecule has 0 atom stereocenters. The van der Waals surface area contributed by atoms with Gasteiger partial charge in [0.1, 0.15) is 0 Å². The zero-order chi connectivity index (χ0) is 29.4. The molecule has 2 aromatic rings. The number of benzene rings is 2. The van der Waals surface area contributed by atoms with E-state index in [0.717, 1.165) is 18.4 Å². The van der Waals surface area contributed by atoms with Crippen molar-refractivity contribution >= 4 is 17.5 Å². The van der Waals surface area contributed by atoms with Gasteiger partial charge in [-0.15, -0.1) is 0 Å². The summed E-state index contributed by atoms with van der Waals surface area (Å²) in [5.41, 5.74) is 2.21. The second-order valence-electron chi connectivity index (χ2n) is 11.9. The molecule has 0 saturated heterocycles. The van der Waals surface area contributed by atoms with Crippen LogP contribution in [0.25, 0.3) is 0 Å². The van der Waals surface area contributed by atoms with E-state index in [1.54, 1.807) is 18.0 Å². The maximum absolute atomic E-state index is 13.1. The number of rotatable bonds is 24. The minimum atomic E-state index is -0.0896. The molecule has 0 unspecified atom stereocenters. The van der Waals surface area contributed by atoms with Gasteiger partial charge in [0.05, 0.1) is 11.3 Å². The van der Waals surface area contributed by atoms with Gasteiger partial charge in [-0.1, -0.05) is 165 Å². The first-order valence-corrected chi connectivity index (χ1v) is 16.8. The van der Waals surface area contributed by atoms with Crippen LogP contribution in [0.5, 0.6) is 0 Å². The third-order valence-corrected chi connectivity index (χ3v) is 8.05. The van der Waals surface area contributed by atoms with Gasteiger partial charge in [0.15, 0.2) is 0 Å². The van der Waals surface area contributed by atoms with Crippen LogP contribution in [0.2, 0.25) is 0 Å². The highest BCUT2D eigenvalue weighted by Gasteiger charge is 2.17. The highest BCUT2D eigenvalue weighted by Crippen LogP contribution is 2.19. The number of nitrogens with one attached hydrogen (secondary N) is 1. The van der Waals surface area contributed by atoms with Gasteiger partial charge in [0.2, 0.25) is 5.91 Å². The first kappa shape index (κ1) is 34.6. The SMILES string of the molecule is CCCCCCCCCCCCCCCCCCCCCC(=O)Nc1ccccc1C(=O)N(C)Cc1ccccc1. The first-order chi connectivity index (χ1) is 20.1. The fourth-order valence-electron chi connectivity index (χ4n) is 5.49. The summed E-state index contributed by atoms with van der Waals surface area (Å²) in [7, 11) is 1.80. The van der Waals surface area contributed by atoms with Crippen molar-refractivity contribution in [2.45, 2.75) is 142 Å². The molecule has 4 nitrogen and oxygen atoms in total. The van der Waals surface area contributed by atoms with Crippen LogP contribution >= 0.6 is 0 Å². The van der Waals surface area contributed by atoms with E-state index in [1.165, 1.54) is 109 Å². The molecule has 0 heterocycles. The van der Waals surface area contributed by atoms with E-state index in [9.17, 15) is 9.59 Å². The molecule has 228 valence electrons. The summed E-state index contributed by atoms with van der Waals surface area (Å²) >= 11 is 0. The second-order valence-corrected chi connectivity index (χ2v) is 11.9. The molecular weight excluding hydrogens is 504 g/mol. The van der Waals surface area contributed by atoms with Crippen LogP contribution < -0.4 is 5.32 Å². The first-order valence-electron chi connectivity index (χ1n) is 16.8. The van der Waals surface area contributed by atoms with Gasteiger partial charge in [0, 0.05) is 20.0 Å². The number of carbonyl (C=O) groups is 2. The fraction of sp³-hybridized carbons (Fsp3) is 0.622. The lowest BCUT2D eigenvalue weighted by atomic mass is 10.0. The molecule has 41 heavy (non-hydrogen) atoms. The molecule has 0 aromatic heterocycles. The summed E-state index contributed by atoms with van der Waals surface area (Å²) < 4.78 is 0. The standard InChI is InChI=1S/C37H58N2O2/c1-3-4-5-6-7-8-9-10-11-12-13-14-15-16-17-18-19-20-24-31-36(40)38-35-30-26-25-29-34(35)37(41)39(2)32-33-27-22-21-23-28-33/h21-23,25-30H,3-20,24,31-32H2,1-2H3,(H,38,40). The molecule has 0 aliphatic heterocycles. The summed E-state index contributed by atoms with van der Waals surface area (Å²) in [6.45, 7) is 2.81. The van der Waals surface area contributed by atoms with Crippen molar-refractivity contribution in [3.8, 4) is 0 Å². The van der Waals surface area contributed by atoms with Crippen molar-refractivity contribution in [2.75, 3.05) is 12.4 Å². The molecule has 2 amide bonds. The zero-order valence-electron chi connectivity index (χ0n) is 26.3. The van der Waals surface area contributed by atoms with E-state index in [1.807, 2.05) is 48.5 Å². The average Bonchev–Trinajstić information content (AvgIpc) is 2.98. The molecule has 0 fully saturated rings. The van der Waals surface area contributed by atoms with Crippen molar-refractivity contribution in [1.29, 1.82) is 0 Å². The Morgan fingerprint density at radius 1 is 0.585 bits per heavy atom. The summed E-state index contributed by atoms with van der Waals surface area (Å²) in [4.78, 5) is 27.4. The molecule has 4 heteroatoms. The summed E-state index contributed by atoms with van der Waals surface area (Å²) in [6, 6.07) is 17.3. The number of amides is 2. The van der Waals surface area contributed by atoms with E-state index in [2.05, 4.69) is 12.2 Å². The normalized spacial score (nSPS) is 11.0. The maximum Gasteiger partial charge on any atom is 0.256 e. The molecule has 2 aromatic carbocycles. The predicted octanol–water partition coefficient (Wildman–Crippen LogP) is 10.7. The topological polar surface area (TPSA) is 49.4 Å². The Morgan fingerprint density at radius 3 is 1.54 bits per heavy atom. The van der Waals surface area contributed by atoms with Crippen molar-refractivity contribution in [3.63, 3.8) is 0 Å². The largest absolute Gasteiger partial charge is 0.337 e. The molecule has 1 N–H and O–H groups in total. The summed E-state index contributed by atoms with van der Waals surface area (Å²) in [5, 5.41) is 2.98. The average molecular weight is 563 g/mol. The molecule has 0 bridgehead atoms. The Morgan fingerprint density at radius 2 is 1.02 bits per heavy atom. The predicted molar refractivity (Wildman–Crippen MR) is 175 cm³/mol. The fourth-order valence-corrected chi connectivity index (χ4v) is 5.49. The Bertz CT molecular complexity index is 943. The van der Waals surface area contributed by atoms with Gasteiger partial charge >= 0.3 is 0 Å². The number of nitrogens with zero attached hydrogens (tertiary/aromatic N) is 1. The van der Waals surface area contributed by atoms with Gasteiger partial charge in [-0.25, -0.2) is 0 Å². The number of unbranched alkanes of at least 4 members (excludes halogenated alkanes) is 18. The van der Waals surface area contributed by atoms with Crippen molar-refractivity contribution in [1.82, 2.24) is 4.90 Å². The van der Waals surface area contributed by atoms with Crippen molar-refractivity contribution in [2.24, 2.45) is 0 Å². The number of para-hydroxylation sites is 1. The van der Waals surface area contributed by atoms with Crippen LogP contribution in [-0.2, 0) is 11.3 Å². The Hall–Kier alpha value is -2.62. The lowest BCUT2D eigenvalue weighted by Gasteiger charge is -2.19. The van der Waals surface area contributed by atoms with Gasteiger partial charge in [-0.05, 0) is 24.1 Å². The van der Waals surface area contributed by atoms with E-state index in [0.29, 0.717) is 24.2 Å². The van der Waals surface area contributed by atoms with Crippen LogP contribution in [0.4, 0.5) is 5.69 Å². The van der Waals surface area contributed by atoms with Crippen molar-refractivity contribution in [3.05, 3.63) is 65.7 Å². The Labute approximate surface area is 251 Å². The third kappa shape index (κ3) is 16.4. The minimum absolute atomic E-state index is 0.0112. The van der Waals surface area contributed by atoms with Gasteiger partial charge in [-0.3, -0.25) is 9.59 Å². The van der Waals surface area contributed by atoms with E-state index in [4.69, 9.17) is 0 Å². The summed E-state index contributed by atoms with van der Waals surface area (Å²) in [6.07, 6.45) is 26.0. The quantitative estimate of drug-likeness (QED) is 0.129. The second kappa shape index (κ2) is 23.0. The Kier molecular flexibility index (Phi) is 19.4. The van der Waals surface area contributed by atoms with Gasteiger partial charge in [-0.2, -0.15) is 0 Å². The lowest BCUT2D eigenvalue weighted by Crippen LogP contribution is -2.27. The van der Waals surface area contributed by atoms with Crippen LogP contribution in [0.15, 0.2) is 54.6 Å². The maximum atomic E-state index is 13.1. The lowest BCUT2D eigenvalue weighted by molar-refractivity contribution is -0.116. The number of anilines is 1. The van der Waals surface area contributed by atoms with E-state index < -0.39 is 0 Å². The molecule has 0 radical (unpaired) electrons. The highest BCUT2D eigenvalue weighted by atomic mass is 16.2. The van der Waals surface area contributed by atoms with Gasteiger partial charge in [0.25, 0.3) is 5.91 Å². The van der Waals surface area contributed by atoms with Gasteiger partial charge < -0.3 is 10.2 Å². The van der Waals surface area contributed by atoms with Crippen LogP contribution in [0.3, 0.4) is 0 Å². The number of hydrogen-bond acceptors (Lipinski definition) is 2. The van der Waals surface area contributed by atoms with Crippen LogP contribution in [0.1, 0.15) is 151 Å². The molecule has 0 saturated carbocycles. The van der Waals surface area contributed by atoms with E-state index >= 15 is 0 Å². The molecular formula is C37H58N2O2.